The van der Waals surface area contributed by atoms with Crippen LogP contribution >= 0.6 is 11.3 Å². The molecule has 1 saturated heterocycles. The van der Waals surface area contributed by atoms with Crippen LogP contribution in [0.25, 0.3) is 10.2 Å². The summed E-state index contributed by atoms with van der Waals surface area (Å²) in [6.07, 6.45) is 1.02. The van der Waals surface area contributed by atoms with Gasteiger partial charge in [0.25, 0.3) is 0 Å². The van der Waals surface area contributed by atoms with Gasteiger partial charge in [0.1, 0.15) is 10.6 Å². The summed E-state index contributed by atoms with van der Waals surface area (Å²) in [5, 5.41) is 4.32. The lowest BCUT2D eigenvalue weighted by Gasteiger charge is -2.27. The highest BCUT2D eigenvalue weighted by atomic mass is 32.1. The van der Waals surface area contributed by atoms with Gasteiger partial charge >= 0.3 is 0 Å². The number of aryl methyl sites for hydroxylation is 1. The molecular formula is C12H17N5S. The van der Waals surface area contributed by atoms with E-state index in [1.165, 1.54) is 4.88 Å². The van der Waals surface area contributed by atoms with Crippen LogP contribution in [0.4, 0.5) is 11.8 Å². The second-order valence-corrected chi connectivity index (χ2v) is 5.55. The number of nitrogens with two attached hydrogens (primary N) is 1. The predicted molar refractivity (Wildman–Crippen MR) is 76.3 cm³/mol. The molecule has 0 spiro atoms. The minimum absolute atomic E-state index is 0.601. The molecule has 3 rings (SSSR count). The molecule has 2 aromatic rings. The summed E-state index contributed by atoms with van der Waals surface area (Å²) in [5.74, 6) is 1.37. The Morgan fingerprint density at radius 2 is 2.17 bits per heavy atom. The van der Waals surface area contributed by atoms with Crippen LogP contribution in [0.15, 0.2) is 6.07 Å². The molecule has 0 aliphatic carbocycles. The third kappa shape index (κ3) is 2.02. The van der Waals surface area contributed by atoms with E-state index < -0.39 is 0 Å². The van der Waals surface area contributed by atoms with Crippen molar-refractivity contribution < 1.29 is 0 Å². The number of piperazine rings is 1. The lowest BCUT2D eigenvalue weighted by molar-refractivity contribution is 0.581. The summed E-state index contributed by atoms with van der Waals surface area (Å²) in [6.45, 7) is 5.98. The SMILES string of the molecule is CCc1cc2c(N)nc(N3CCNCC3)nc2s1. The van der Waals surface area contributed by atoms with Gasteiger partial charge in [-0.15, -0.1) is 11.3 Å². The molecule has 3 heterocycles. The number of rotatable bonds is 2. The minimum Gasteiger partial charge on any atom is -0.383 e. The molecule has 0 aromatic carbocycles. The van der Waals surface area contributed by atoms with Gasteiger partial charge in [-0.1, -0.05) is 6.92 Å². The fourth-order valence-corrected chi connectivity index (χ4v) is 3.13. The molecule has 0 unspecified atom stereocenters. The molecule has 2 aromatic heterocycles. The third-order valence-electron chi connectivity index (χ3n) is 3.21. The molecule has 0 atom stereocenters. The zero-order valence-electron chi connectivity index (χ0n) is 10.4. The number of thiophene rings is 1. The molecule has 0 saturated carbocycles. The largest absolute Gasteiger partial charge is 0.383 e. The molecule has 96 valence electrons. The summed E-state index contributed by atoms with van der Waals surface area (Å²) in [7, 11) is 0. The lowest BCUT2D eigenvalue weighted by Crippen LogP contribution is -2.44. The molecule has 5 nitrogen and oxygen atoms in total. The van der Waals surface area contributed by atoms with E-state index >= 15 is 0 Å². The van der Waals surface area contributed by atoms with E-state index in [1.807, 2.05) is 0 Å². The topological polar surface area (TPSA) is 67.1 Å². The van der Waals surface area contributed by atoms with E-state index in [4.69, 9.17) is 5.73 Å². The number of nitrogen functional groups attached to an aromatic ring is 1. The zero-order valence-corrected chi connectivity index (χ0v) is 11.3. The van der Waals surface area contributed by atoms with Crippen molar-refractivity contribution in [3.63, 3.8) is 0 Å². The lowest BCUT2D eigenvalue weighted by atomic mass is 10.3. The Bertz CT molecular complexity index is 559. The maximum atomic E-state index is 6.04. The highest BCUT2D eigenvalue weighted by Crippen LogP contribution is 2.29. The molecule has 1 aliphatic heterocycles. The second kappa shape index (κ2) is 4.70. The Balaban J connectivity index is 2.02. The molecule has 1 fully saturated rings. The molecule has 0 bridgehead atoms. The van der Waals surface area contributed by atoms with Gasteiger partial charge in [0, 0.05) is 31.1 Å². The van der Waals surface area contributed by atoms with Crippen molar-refractivity contribution in [2.24, 2.45) is 0 Å². The van der Waals surface area contributed by atoms with E-state index in [0.717, 1.165) is 48.8 Å². The van der Waals surface area contributed by atoms with Gasteiger partial charge < -0.3 is 16.0 Å². The summed E-state index contributed by atoms with van der Waals surface area (Å²) >= 11 is 1.72. The van der Waals surface area contributed by atoms with Crippen molar-refractivity contribution in [3.05, 3.63) is 10.9 Å². The Labute approximate surface area is 110 Å². The van der Waals surface area contributed by atoms with Gasteiger partial charge in [-0.3, -0.25) is 0 Å². The first-order chi connectivity index (χ1) is 8.78. The van der Waals surface area contributed by atoms with Crippen LogP contribution in [0.2, 0.25) is 0 Å². The van der Waals surface area contributed by atoms with Crippen molar-refractivity contribution in [1.29, 1.82) is 0 Å². The first-order valence-electron chi connectivity index (χ1n) is 6.29. The summed E-state index contributed by atoms with van der Waals surface area (Å²) < 4.78 is 0. The average Bonchev–Trinajstić information content (AvgIpc) is 2.83. The predicted octanol–water partition coefficient (Wildman–Crippen LogP) is 1.25. The summed E-state index contributed by atoms with van der Waals surface area (Å²) in [6, 6.07) is 2.11. The third-order valence-corrected chi connectivity index (χ3v) is 4.38. The van der Waals surface area contributed by atoms with E-state index in [1.54, 1.807) is 11.3 Å². The number of fused-ring (bicyclic) bond motifs is 1. The van der Waals surface area contributed by atoms with Crippen LogP contribution in [0, 0.1) is 0 Å². The van der Waals surface area contributed by atoms with Gasteiger partial charge in [-0.05, 0) is 12.5 Å². The average molecular weight is 263 g/mol. The second-order valence-electron chi connectivity index (χ2n) is 4.43. The van der Waals surface area contributed by atoms with E-state index in [9.17, 15) is 0 Å². The normalized spacial score (nSPS) is 16.4. The number of nitrogens with one attached hydrogen (secondary N) is 1. The molecule has 18 heavy (non-hydrogen) atoms. The Morgan fingerprint density at radius 3 is 2.89 bits per heavy atom. The van der Waals surface area contributed by atoms with Crippen LogP contribution in [-0.4, -0.2) is 36.1 Å². The molecule has 3 N–H and O–H groups in total. The summed E-state index contributed by atoms with van der Waals surface area (Å²) in [5.41, 5.74) is 6.04. The van der Waals surface area contributed by atoms with Crippen molar-refractivity contribution >= 4 is 33.3 Å². The monoisotopic (exact) mass is 263 g/mol. The minimum atomic E-state index is 0.601. The van der Waals surface area contributed by atoms with Crippen LogP contribution in [0.3, 0.4) is 0 Å². The first kappa shape index (κ1) is 11.7. The maximum Gasteiger partial charge on any atom is 0.228 e. The van der Waals surface area contributed by atoms with Gasteiger partial charge in [0.15, 0.2) is 0 Å². The van der Waals surface area contributed by atoms with E-state index in [-0.39, 0.29) is 0 Å². The van der Waals surface area contributed by atoms with Crippen LogP contribution in [0.1, 0.15) is 11.8 Å². The Kier molecular flexibility index (Phi) is 3.05. The van der Waals surface area contributed by atoms with Crippen molar-refractivity contribution in [1.82, 2.24) is 15.3 Å². The van der Waals surface area contributed by atoms with Crippen molar-refractivity contribution in [3.8, 4) is 0 Å². The van der Waals surface area contributed by atoms with Gasteiger partial charge in [0.05, 0.1) is 5.39 Å². The Hall–Kier alpha value is -1.40. The fraction of sp³-hybridized carbons (Fsp3) is 0.500. The first-order valence-corrected chi connectivity index (χ1v) is 7.11. The molecular weight excluding hydrogens is 246 g/mol. The number of hydrogen-bond acceptors (Lipinski definition) is 6. The standard InChI is InChI=1S/C12H17N5S/c1-2-8-7-9-10(13)15-12(16-11(9)18-8)17-5-3-14-4-6-17/h7,14H,2-6H2,1H3,(H2,13,15,16). The van der Waals surface area contributed by atoms with Crippen LogP contribution < -0.4 is 16.0 Å². The highest BCUT2D eigenvalue weighted by molar-refractivity contribution is 7.18. The zero-order chi connectivity index (χ0) is 12.5. The van der Waals surface area contributed by atoms with Crippen LogP contribution in [-0.2, 0) is 6.42 Å². The number of anilines is 2. The Morgan fingerprint density at radius 1 is 1.39 bits per heavy atom. The fourth-order valence-electron chi connectivity index (χ4n) is 2.16. The molecule has 6 heteroatoms. The molecule has 0 radical (unpaired) electrons. The molecule has 0 amide bonds. The smallest absolute Gasteiger partial charge is 0.228 e. The maximum absolute atomic E-state index is 6.04. The van der Waals surface area contributed by atoms with E-state index in [2.05, 4.69) is 33.2 Å². The van der Waals surface area contributed by atoms with E-state index in [0.29, 0.717) is 5.82 Å². The number of nitrogens with zero attached hydrogens (tertiary/aromatic N) is 3. The van der Waals surface area contributed by atoms with Crippen LogP contribution in [0.5, 0.6) is 0 Å². The van der Waals surface area contributed by atoms with Crippen molar-refractivity contribution in [2.75, 3.05) is 36.8 Å². The number of hydrogen-bond donors (Lipinski definition) is 2. The van der Waals surface area contributed by atoms with Crippen molar-refractivity contribution in [2.45, 2.75) is 13.3 Å². The quantitative estimate of drug-likeness (QED) is 0.853. The number of aromatic nitrogens is 2. The van der Waals surface area contributed by atoms with Gasteiger partial charge in [-0.2, -0.15) is 4.98 Å². The highest BCUT2D eigenvalue weighted by Gasteiger charge is 2.16. The summed E-state index contributed by atoms with van der Waals surface area (Å²) in [4.78, 5) is 13.6. The van der Waals surface area contributed by atoms with Gasteiger partial charge in [-0.25, -0.2) is 4.98 Å². The van der Waals surface area contributed by atoms with Gasteiger partial charge in [0.2, 0.25) is 5.95 Å². The molecule has 1 aliphatic rings.